The molecule has 3 aromatic rings. The maximum Gasteiger partial charge on any atom is 0.308 e. The second-order valence-corrected chi connectivity index (χ2v) is 6.87. The summed E-state index contributed by atoms with van der Waals surface area (Å²) in [6, 6.07) is 26.1. The Hall–Kier alpha value is -3.73. The summed E-state index contributed by atoms with van der Waals surface area (Å²) >= 11 is 0. The molecule has 0 aliphatic heterocycles. The number of carbonyl (C=O) groups excluding carboxylic acids is 2. The molecule has 0 radical (unpaired) electrons. The van der Waals surface area contributed by atoms with Crippen molar-refractivity contribution in [1.82, 2.24) is 0 Å². The molecule has 0 aromatic heterocycles. The van der Waals surface area contributed by atoms with Crippen LogP contribution in [0.1, 0.15) is 43.0 Å². The van der Waals surface area contributed by atoms with E-state index < -0.39 is 12.0 Å². The van der Waals surface area contributed by atoms with Crippen LogP contribution >= 0.6 is 0 Å². The van der Waals surface area contributed by atoms with Crippen molar-refractivity contribution >= 4 is 17.7 Å². The maximum atomic E-state index is 12.4. The standard InChI is InChI=1S/C26H25NO4/c1-3-30-25(29)18-23(22-16-10-11-17-24(22)31-19(2)28)27-26(20-12-6-4-7-13-20)21-14-8-5-9-15-21/h4-17,23H,3,18H2,1-2H3. The van der Waals surface area contributed by atoms with Crippen LogP contribution < -0.4 is 4.74 Å². The Labute approximate surface area is 182 Å². The molecule has 5 nitrogen and oxygen atoms in total. The first-order chi connectivity index (χ1) is 15.1. The summed E-state index contributed by atoms with van der Waals surface area (Å²) in [5, 5.41) is 0. The lowest BCUT2D eigenvalue weighted by Crippen LogP contribution is -2.14. The summed E-state index contributed by atoms with van der Waals surface area (Å²) in [7, 11) is 0. The smallest absolute Gasteiger partial charge is 0.308 e. The maximum absolute atomic E-state index is 12.4. The molecule has 31 heavy (non-hydrogen) atoms. The quantitative estimate of drug-likeness (QED) is 0.290. The molecule has 5 heteroatoms. The van der Waals surface area contributed by atoms with Gasteiger partial charge in [0.15, 0.2) is 0 Å². The predicted octanol–water partition coefficient (Wildman–Crippen LogP) is 5.14. The molecule has 1 unspecified atom stereocenters. The minimum Gasteiger partial charge on any atom is -0.466 e. The van der Waals surface area contributed by atoms with E-state index in [1.807, 2.05) is 72.8 Å². The number of benzene rings is 3. The van der Waals surface area contributed by atoms with Crippen LogP contribution in [-0.4, -0.2) is 24.3 Å². The summed E-state index contributed by atoms with van der Waals surface area (Å²) in [5.41, 5.74) is 3.24. The zero-order valence-corrected chi connectivity index (χ0v) is 17.7. The van der Waals surface area contributed by atoms with E-state index in [0.717, 1.165) is 16.8 Å². The van der Waals surface area contributed by atoms with Crippen LogP contribution in [0, 0.1) is 0 Å². The van der Waals surface area contributed by atoms with Crippen molar-refractivity contribution in [2.75, 3.05) is 6.61 Å². The second kappa shape index (κ2) is 10.9. The van der Waals surface area contributed by atoms with Gasteiger partial charge >= 0.3 is 11.9 Å². The van der Waals surface area contributed by atoms with Crippen molar-refractivity contribution in [2.24, 2.45) is 4.99 Å². The zero-order valence-electron chi connectivity index (χ0n) is 17.7. The van der Waals surface area contributed by atoms with Crippen LogP contribution in [0.15, 0.2) is 89.9 Å². The van der Waals surface area contributed by atoms with Gasteiger partial charge in [0.2, 0.25) is 0 Å². The highest BCUT2D eigenvalue weighted by atomic mass is 16.5. The first-order valence-corrected chi connectivity index (χ1v) is 10.2. The predicted molar refractivity (Wildman–Crippen MR) is 120 cm³/mol. The number of para-hydroxylation sites is 1. The average molecular weight is 415 g/mol. The summed E-state index contributed by atoms with van der Waals surface area (Å²) < 4.78 is 10.6. The molecule has 158 valence electrons. The van der Waals surface area contributed by atoms with Gasteiger partial charge < -0.3 is 9.47 Å². The molecule has 3 aromatic carbocycles. The van der Waals surface area contributed by atoms with E-state index in [2.05, 4.69) is 0 Å². The molecule has 3 rings (SSSR count). The van der Waals surface area contributed by atoms with Gasteiger partial charge in [0, 0.05) is 23.6 Å². The van der Waals surface area contributed by atoms with Gasteiger partial charge in [-0.2, -0.15) is 0 Å². The van der Waals surface area contributed by atoms with Gasteiger partial charge in [-0.05, 0) is 13.0 Å². The van der Waals surface area contributed by atoms with Crippen molar-refractivity contribution in [1.29, 1.82) is 0 Å². The van der Waals surface area contributed by atoms with Crippen LogP contribution in [-0.2, 0) is 14.3 Å². The molecule has 0 saturated carbocycles. The fourth-order valence-corrected chi connectivity index (χ4v) is 3.27. The lowest BCUT2D eigenvalue weighted by atomic mass is 9.99. The molecule has 0 heterocycles. The summed E-state index contributed by atoms with van der Waals surface area (Å²) in [4.78, 5) is 29.0. The molecular weight excluding hydrogens is 390 g/mol. The Bertz CT molecular complexity index is 1000. The molecule has 0 spiro atoms. The highest BCUT2D eigenvalue weighted by Crippen LogP contribution is 2.32. The first-order valence-electron chi connectivity index (χ1n) is 10.2. The Morgan fingerprint density at radius 2 is 1.39 bits per heavy atom. The van der Waals surface area contributed by atoms with Crippen LogP contribution in [0.4, 0.5) is 0 Å². The van der Waals surface area contributed by atoms with Crippen molar-refractivity contribution < 1.29 is 19.1 Å². The minimum absolute atomic E-state index is 0.0231. The molecule has 0 saturated heterocycles. The number of ether oxygens (including phenoxy) is 2. The Kier molecular flexibility index (Phi) is 7.71. The molecule has 0 aliphatic carbocycles. The number of esters is 2. The molecule has 0 aliphatic rings. The number of hydrogen-bond acceptors (Lipinski definition) is 5. The van der Waals surface area contributed by atoms with Crippen molar-refractivity contribution in [3.8, 4) is 5.75 Å². The van der Waals surface area contributed by atoms with Gasteiger partial charge in [-0.3, -0.25) is 14.6 Å². The van der Waals surface area contributed by atoms with E-state index in [-0.39, 0.29) is 19.0 Å². The Balaban J connectivity index is 2.14. The van der Waals surface area contributed by atoms with E-state index >= 15 is 0 Å². The van der Waals surface area contributed by atoms with E-state index in [9.17, 15) is 9.59 Å². The van der Waals surface area contributed by atoms with Crippen molar-refractivity contribution in [2.45, 2.75) is 26.3 Å². The third kappa shape index (κ3) is 6.12. The fourth-order valence-electron chi connectivity index (χ4n) is 3.27. The number of rotatable bonds is 8. The van der Waals surface area contributed by atoms with Gasteiger partial charge in [-0.1, -0.05) is 78.9 Å². The van der Waals surface area contributed by atoms with Crippen LogP contribution in [0.5, 0.6) is 5.75 Å². The molecule has 0 amide bonds. The van der Waals surface area contributed by atoms with Gasteiger partial charge in [0.05, 0.1) is 24.8 Å². The van der Waals surface area contributed by atoms with Crippen molar-refractivity contribution in [3.05, 3.63) is 102 Å². The second-order valence-electron chi connectivity index (χ2n) is 6.87. The zero-order chi connectivity index (χ0) is 22.1. The van der Waals surface area contributed by atoms with E-state index in [0.29, 0.717) is 11.3 Å². The number of carbonyl (C=O) groups is 2. The van der Waals surface area contributed by atoms with Gasteiger partial charge in [-0.25, -0.2) is 0 Å². The van der Waals surface area contributed by atoms with Crippen molar-refractivity contribution in [3.63, 3.8) is 0 Å². The van der Waals surface area contributed by atoms with E-state index in [4.69, 9.17) is 14.5 Å². The number of hydrogen-bond donors (Lipinski definition) is 0. The summed E-state index contributed by atoms with van der Waals surface area (Å²) in [6.45, 7) is 3.40. The Morgan fingerprint density at radius 1 is 0.839 bits per heavy atom. The monoisotopic (exact) mass is 415 g/mol. The van der Waals surface area contributed by atoms with Gasteiger partial charge in [0.1, 0.15) is 5.75 Å². The van der Waals surface area contributed by atoms with Gasteiger partial charge in [-0.15, -0.1) is 0 Å². The van der Waals surface area contributed by atoms with Crippen LogP contribution in [0.25, 0.3) is 0 Å². The number of nitrogens with zero attached hydrogens (tertiary/aromatic N) is 1. The number of aliphatic imine (C=N–C) groups is 1. The molecular formula is C26H25NO4. The third-order valence-electron chi connectivity index (χ3n) is 4.58. The SMILES string of the molecule is CCOC(=O)CC(N=C(c1ccccc1)c1ccccc1)c1ccccc1OC(C)=O. The largest absolute Gasteiger partial charge is 0.466 e. The van der Waals surface area contributed by atoms with Crippen LogP contribution in [0.3, 0.4) is 0 Å². The Morgan fingerprint density at radius 3 is 1.94 bits per heavy atom. The molecule has 0 N–H and O–H groups in total. The molecule has 0 fully saturated rings. The third-order valence-corrected chi connectivity index (χ3v) is 4.58. The topological polar surface area (TPSA) is 65.0 Å². The normalized spacial score (nSPS) is 11.3. The fraction of sp³-hybridized carbons (Fsp3) is 0.192. The average Bonchev–Trinajstić information content (AvgIpc) is 2.78. The van der Waals surface area contributed by atoms with Crippen LogP contribution in [0.2, 0.25) is 0 Å². The molecule has 0 bridgehead atoms. The lowest BCUT2D eigenvalue weighted by molar-refractivity contribution is -0.143. The summed E-state index contributed by atoms with van der Waals surface area (Å²) in [6.07, 6.45) is 0.0231. The highest BCUT2D eigenvalue weighted by Gasteiger charge is 2.22. The van der Waals surface area contributed by atoms with E-state index in [1.165, 1.54) is 6.92 Å². The highest BCUT2D eigenvalue weighted by molar-refractivity contribution is 6.13. The van der Waals surface area contributed by atoms with E-state index in [1.54, 1.807) is 19.1 Å². The van der Waals surface area contributed by atoms with Gasteiger partial charge in [0.25, 0.3) is 0 Å². The summed E-state index contributed by atoms with van der Waals surface area (Å²) in [5.74, 6) is -0.416. The minimum atomic E-state index is -0.593. The first kappa shape index (κ1) is 22.0. The lowest BCUT2D eigenvalue weighted by Gasteiger charge is -2.18. The molecule has 1 atom stereocenters.